The topological polar surface area (TPSA) is 51.6 Å². The zero-order valence-corrected chi connectivity index (χ0v) is 26.7. The first kappa shape index (κ1) is 27.6. The normalized spacial score (nSPS) is 11.8. The molecule has 0 aliphatic rings. The summed E-state index contributed by atoms with van der Waals surface area (Å²) in [5.41, 5.74) is 8.19. The number of pyridine rings is 2. The van der Waals surface area contributed by atoms with Gasteiger partial charge in [-0.1, -0.05) is 121 Å². The first-order valence-electron chi connectivity index (χ1n) is 16.6. The summed E-state index contributed by atoms with van der Waals surface area (Å²) in [6.07, 6.45) is 5.73. The van der Waals surface area contributed by atoms with Crippen LogP contribution >= 0.6 is 0 Å². The molecule has 228 valence electrons. The molecular weight excluding hydrogens is 597 g/mol. The first-order chi connectivity index (χ1) is 24.2. The van der Waals surface area contributed by atoms with Gasteiger partial charge in [0.25, 0.3) is 0 Å². The van der Waals surface area contributed by atoms with Gasteiger partial charge in [-0.05, 0) is 57.1 Å². The van der Waals surface area contributed by atoms with Crippen LogP contribution in [0.4, 0.5) is 0 Å². The maximum Gasteiger partial charge on any atom is 0.159 e. The van der Waals surface area contributed by atoms with Gasteiger partial charge >= 0.3 is 0 Å². The van der Waals surface area contributed by atoms with Gasteiger partial charge in [0.2, 0.25) is 0 Å². The molecule has 0 saturated heterocycles. The molecule has 0 aliphatic heterocycles. The van der Waals surface area contributed by atoms with Gasteiger partial charge in [0.15, 0.2) is 5.82 Å². The maximum absolute atomic E-state index is 5.45. The largest absolute Gasteiger partial charge is 0.256 e. The Kier molecular flexibility index (Phi) is 6.06. The summed E-state index contributed by atoms with van der Waals surface area (Å²) in [4.78, 5) is 20.0. The number of aryl methyl sites for hydroxylation is 1. The predicted octanol–water partition coefficient (Wildman–Crippen LogP) is 11.5. The second-order valence-electron chi connectivity index (χ2n) is 12.7. The Morgan fingerprint density at radius 1 is 0.429 bits per heavy atom. The monoisotopic (exact) mass is 624 g/mol. The first-order valence-corrected chi connectivity index (χ1v) is 16.6. The van der Waals surface area contributed by atoms with Crippen molar-refractivity contribution in [3.8, 4) is 33.8 Å². The fourth-order valence-electron chi connectivity index (χ4n) is 7.65. The zero-order chi connectivity index (χ0) is 32.5. The van der Waals surface area contributed by atoms with E-state index in [2.05, 4.69) is 140 Å². The fourth-order valence-corrected chi connectivity index (χ4v) is 7.65. The van der Waals surface area contributed by atoms with Crippen LogP contribution in [0.1, 0.15) is 5.56 Å². The van der Waals surface area contributed by atoms with Gasteiger partial charge < -0.3 is 0 Å². The Hall–Kier alpha value is -6.52. The number of rotatable bonds is 3. The van der Waals surface area contributed by atoms with Crippen LogP contribution in [0.15, 0.2) is 152 Å². The number of hydrogen-bond acceptors (Lipinski definition) is 4. The molecule has 4 nitrogen and oxygen atoms in total. The Morgan fingerprint density at radius 3 is 1.88 bits per heavy atom. The molecule has 0 unspecified atom stereocenters. The lowest BCUT2D eigenvalue weighted by Crippen LogP contribution is -1.94. The third-order valence-electron chi connectivity index (χ3n) is 9.90. The average molecular weight is 625 g/mol. The number of nitrogens with zero attached hydrogens (tertiary/aromatic N) is 4. The molecule has 0 N–H and O–H groups in total. The quantitative estimate of drug-likeness (QED) is 0.184. The van der Waals surface area contributed by atoms with Gasteiger partial charge in [-0.25, -0.2) is 15.0 Å². The van der Waals surface area contributed by atoms with E-state index >= 15 is 0 Å². The summed E-state index contributed by atoms with van der Waals surface area (Å²) in [5, 5.41) is 11.8. The number of aromatic nitrogens is 4. The lowest BCUT2D eigenvalue weighted by Gasteiger charge is -2.15. The van der Waals surface area contributed by atoms with Gasteiger partial charge in [-0.2, -0.15) is 0 Å². The molecule has 3 aromatic heterocycles. The minimum Gasteiger partial charge on any atom is -0.256 e. The summed E-state index contributed by atoms with van der Waals surface area (Å²) in [6, 6.07) is 47.1. The number of hydrogen-bond donors (Lipinski definition) is 0. The molecule has 0 amide bonds. The third-order valence-corrected chi connectivity index (χ3v) is 9.90. The highest BCUT2D eigenvalue weighted by Crippen LogP contribution is 2.41. The van der Waals surface area contributed by atoms with E-state index in [0.29, 0.717) is 5.82 Å². The molecule has 0 bridgehead atoms. The van der Waals surface area contributed by atoms with Crippen LogP contribution in [0.25, 0.3) is 98.7 Å². The number of benzene rings is 7. The molecule has 10 rings (SSSR count). The predicted molar refractivity (Wildman–Crippen MR) is 204 cm³/mol. The molecule has 10 aromatic rings. The molecule has 4 heteroatoms. The minimum atomic E-state index is 0.673. The summed E-state index contributed by atoms with van der Waals surface area (Å²) >= 11 is 0. The Balaban J connectivity index is 1.11. The highest BCUT2D eigenvalue weighted by molar-refractivity contribution is 6.31. The maximum atomic E-state index is 5.45. The Labute approximate surface area is 282 Å². The van der Waals surface area contributed by atoms with Crippen LogP contribution in [0, 0.1) is 6.92 Å². The molecule has 0 saturated carbocycles. The van der Waals surface area contributed by atoms with Crippen molar-refractivity contribution in [2.24, 2.45) is 0 Å². The van der Waals surface area contributed by atoms with Crippen molar-refractivity contribution in [3.05, 3.63) is 158 Å². The van der Waals surface area contributed by atoms with E-state index in [1.165, 1.54) is 43.3 Å². The molecular formula is C45H28N4. The fraction of sp³-hybridized carbons (Fsp3) is 0.0222. The van der Waals surface area contributed by atoms with E-state index < -0.39 is 0 Å². The Morgan fingerprint density at radius 2 is 1.08 bits per heavy atom. The van der Waals surface area contributed by atoms with Gasteiger partial charge in [-0.15, -0.1) is 0 Å². The lowest BCUT2D eigenvalue weighted by atomic mass is 9.92. The van der Waals surface area contributed by atoms with Crippen LogP contribution in [0.5, 0.6) is 0 Å². The molecule has 0 atom stereocenters. The molecule has 7 aromatic carbocycles. The van der Waals surface area contributed by atoms with Crippen molar-refractivity contribution in [3.63, 3.8) is 0 Å². The smallest absolute Gasteiger partial charge is 0.159 e. The van der Waals surface area contributed by atoms with Crippen molar-refractivity contribution >= 4 is 64.9 Å². The van der Waals surface area contributed by atoms with Gasteiger partial charge in [-0.3, -0.25) is 4.98 Å². The van der Waals surface area contributed by atoms with E-state index in [0.717, 1.165) is 55.1 Å². The molecule has 0 aliphatic carbocycles. The van der Waals surface area contributed by atoms with Crippen LogP contribution in [-0.2, 0) is 0 Å². The van der Waals surface area contributed by atoms with Gasteiger partial charge in [0, 0.05) is 62.2 Å². The van der Waals surface area contributed by atoms with Crippen molar-refractivity contribution in [2.75, 3.05) is 0 Å². The summed E-state index contributed by atoms with van der Waals surface area (Å²) in [7, 11) is 0. The molecule has 0 spiro atoms. The second kappa shape index (κ2) is 10.8. The van der Waals surface area contributed by atoms with Crippen LogP contribution < -0.4 is 0 Å². The highest BCUT2D eigenvalue weighted by Gasteiger charge is 2.17. The molecule has 3 heterocycles. The van der Waals surface area contributed by atoms with Crippen molar-refractivity contribution < 1.29 is 0 Å². The molecule has 0 fully saturated rings. The van der Waals surface area contributed by atoms with Gasteiger partial charge in [0.05, 0.1) is 16.7 Å². The van der Waals surface area contributed by atoms with E-state index in [-0.39, 0.29) is 0 Å². The van der Waals surface area contributed by atoms with Crippen LogP contribution in [0.2, 0.25) is 0 Å². The summed E-state index contributed by atoms with van der Waals surface area (Å²) < 4.78 is 0. The third kappa shape index (κ3) is 4.24. The van der Waals surface area contributed by atoms with Crippen molar-refractivity contribution in [1.29, 1.82) is 0 Å². The lowest BCUT2D eigenvalue weighted by molar-refractivity contribution is 1.18. The van der Waals surface area contributed by atoms with E-state index in [9.17, 15) is 0 Å². The van der Waals surface area contributed by atoms with Crippen LogP contribution in [-0.4, -0.2) is 19.9 Å². The van der Waals surface area contributed by atoms with E-state index in [4.69, 9.17) is 19.9 Å². The zero-order valence-electron chi connectivity index (χ0n) is 26.7. The Bertz CT molecular complexity index is 2950. The standard InChI is InChI=1S/C45H28N4/c1-27-10-8-11-28-20-21-39-32(22-23-46-43(39)40(27)28)31-25-47-45(48-26-31)30-13-9-12-29(24-30)42-38-19-7-5-17-36(38)41-35-16-4-2-14-33(35)34-15-3-6-18-37(34)44(41)49-42/h2-26H,1H3. The van der Waals surface area contributed by atoms with E-state index in [1.807, 2.05) is 18.6 Å². The SMILES string of the molecule is Cc1cccc2ccc3c(-c4cnc(-c5cccc(-c6nc7c8ccccc8c8ccccc8c7c7ccccc67)c5)nc4)ccnc3c12. The summed E-state index contributed by atoms with van der Waals surface area (Å²) in [5.74, 6) is 0.673. The molecule has 0 radical (unpaired) electrons. The van der Waals surface area contributed by atoms with Crippen molar-refractivity contribution in [2.45, 2.75) is 6.92 Å². The average Bonchev–Trinajstić information content (AvgIpc) is 3.17. The number of fused-ring (bicyclic) bond motifs is 11. The van der Waals surface area contributed by atoms with Gasteiger partial charge in [0.1, 0.15) is 0 Å². The highest BCUT2D eigenvalue weighted by atomic mass is 14.9. The second-order valence-corrected chi connectivity index (χ2v) is 12.7. The van der Waals surface area contributed by atoms with Crippen LogP contribution in [0.3, 0.4) is 0 Å². The van der Waals surface area contributed by atoms with Crippen molar-refractivity contribution in [1.82, 2.24) is 19.9 Å². The van der Waals surface area contributed by atoms with E-state index in [1.54, 1.807) is 0 Å². The molecule has 49 heavy (non-hydrogen) atoms. The minimum absolute atomic E-state index is 0.673. The summed E-state index contributed by atoms with van der Waals surface area (Å²) in [6.45, 7) is 2.14.